The lowest BCUT2D eigenvalue weighted by molar-refractivity contribution is 1.23. The first-order valence-corrected chi connectivity index (χ1v) is 14.2. The molecule has 40 heavy (non-hydrogen) atoms. The van der Waals surface area contributed by atoms with Gasteiger partial charge in [-0.15, -0.1) is 0 Å². The molecular formula is C38H30BN. The van der Waals surface area contributed by atoms with Gasteiger partial charge >= 0.3 is 0 Å². The van der Waals surface area contributed by atoms with Crippen LogP contribution in [-0.4, -0.2) is 13.8 Å². The molecule has 2 heteroatoms. The Morgan fingerprint density at radius 1 is 0.550 bits per heavy atom. The minimum Gasteiger partial charge on any atom is -0.345 e. The van der Waals surface area contributed by atoms with Gasteiger partial charge in [-0.3, -0.25) is 0 Å². The van der Waals surface area contributed by atoms with E-state index < -0.39 is 0 Å². The average Bonchev–Trinajstić information content (AvgIpc) is 3.06. The van der Waals surface area contributed by atoms with Crippen LogP contribution in [0, 0.1) is 20.8 Å². The minimum atomic E-state index is 0.149. The zero-order valence-corrected chi connectivity index (χ0v) is 23.4. The van der Waals surface area contributed by atoms with Gasteiger partial charge in [-0.05, 0) is 87.6 Å². The topological polar surface area (TPSA) is 3.24 Å². The molecule has 1 heterocycles. The zero-order chi connectivity index (χ0) is 27.1. The monoisotopic (exact) mass is 511 g/mol. The molecule has 1 nitrogen and oxygen atoms in total. The lowest BCUT2D eigenvalue weighted by Crippen LogP contribution is -2.52. The Balaban J connectivity index is 1.55. The third-order valence-corrected chi connectivity index (χ3v) is 9.13. The number of anilines is 2. The first-order chi connectivity index (χ1) is 19.5. The summed E-state index contributed by atoms with van der Waals surface area (Å²) in [6, 6.07) is 41.1. The molecule has 7 aromatic carbocycles. The second-order valence-electron chi connectivity index (χ2n) is 11.6. The summed E-state index contributed by atoms with van der Waals surface area (Å²) in [5.74, 6) is 0. The molecule has 190 valence electrons. The number of benzene rings is 7. The molecule has 0 aromatic heterocycles. The predicted molar refractivity (Wildman–Crippen MR) is 175 cm³/mol. The molecule has 0 atom stereocenters. The van der Waals surface area contributed by atoms with Crippen LogP contribution in [0.4, 0.5) is 11.4 Å². The van der Waals surface area contributed by atoms with Gasteiger partial charge in [0.05, 0.1) is 0 Å². The van der Waals surface area contributed by atoms with E-state index in [0.717, 1.165) is 0 Å². The van der Waals surface area contributed by atoms with E-state index >= 15 is 0 Å². The molecule has 8 rings (SSSR count). The molecule has 0 aliphatic carbocycles. The van der Waals surface area contributed by atoms with Crippen molar-refractivity contribution in [3.05, 3.63) is 126 Å². The quantitative estimate of drug-likeness (QED) is 0.169. The number of para-hydroxylation sites is 1. The fourth-order valence-corrected chi connectivity index (χ4v) is 7.60. The molecule has 7 aromatic rings. The summed E-state index contributed by atoms with van der Waals surface area (Å²) in [5, 5.41) is 8.09. The average molecular weight is 511 g/mol. The van der Waals surface area contributed by atoms with Crippen molar-refractivity contribution in [1.82, 2.24) is 0 Å². The van der Waals surface area contributed by atoms with E-state index in [1.807, 2.05) is 0 Å². The van der Waals surface area contributed by atoms with Crippen molar-refractivity contribution in [3.63, 3.8) is 0 Å². The number of hydrogen-bond acceptors (Lipinski definition) is 1. The van der Waals surface area contributed by atoms with Crippen LogP contribution < -0.4 is 21.3 Å². The first-order valence-electron chi connectivity index (χ1n) is 14.2. The first kappa shape index (κ1) is 23.3. The van der Waals surface area contributed by atoms with Gasteiger partial charge in [-0.25, -0.2) is 0 Å². The van der Waals surface area contributed by atoms with Gasteiger partial charge in [-0.2, -0.15) is 0 Å². The lowest BCUT2D eigenvalue weighted by atomic mass is 9.36. The van der Waals surface area contributed by atoms with E-state index in [1.165, 1.54) is 87.9 Å². The smallest absolute Gasteiger partial charge is 0.244 e. The second-order valence-corrected chi connectivity index (χ2v) is 11.6. The molecule has 0 amide bonds. The maximum Gasteiger partial charge on any atom is 0.244 e. The molecule has 0 radical (unpaired) electrons. The maximum absolute atomic E-state index is 2.49. The number of hydrogen-bond donors (Lipinski definition) is 0. The number of fused-ring (bicyclic) bond motifs is 1. The Morgan fingerprint density at radius 3 is 2.05 bits per heavy atom. The number of rotatable bonds is 2. The van der Waals surface area contributed by atoms with Crippen molar-refractivity contribution in [3.8, 4) is 11.1 Å². The van der Waals surface area contributed by atoms with E-state index in [4.69, 9.17) is 0 Å². The van der Waals surface area contributed by atoms with Gasteiger partial charge in [-0.1, -0.05) is 114 Å². The van der Waals surface area contributed by atoms with Crippen LogP contribution >= 0.6 is 0 Å². The highest BCUT2D eigenvalue weighted by molar-refractivity contribution is 6.98. The largest absolute Gasteiger partial charge is 0.345 e. The molecule has 0 unspecified atom stereocenters. The Kier molecular flexibility index (Phi) is 4.94. The van der Waals surface area contributed by atoms with Crippen LogP contribution in [0.1, 0.15) is 16.7 Å². The van der Waals surface area contributed by atoms with E-state index in [1.54, 1.807) is 0 Å². The van der Waals surface area contributed by atoms with E-state index in [2.05, 4.69) is 142 Å². The fraction of sp³-hybridized carbons (Fsp3) is 0.105. The molecule has 0 fully saturated rings. The van der Waals surface area contributed by atoms with Crippen molar-refractivity contribution < 1.29 is 0 Å². The van der Waals surface area contributed by atoms with Gasteiger partial charge in [0.15, 0.2) is 0 Å². The fourth-order valence-electron chi connectivity index (χ4n) is 7.60. The van der Waals surface area contributed by atoms with Crippen LogP contribution in [0.5, 0.6) is 0 Å². The molecule has 0 saturated heterocycles. The van der Waals surface area contributed by atoms with Crippen LogP contribution in [-0.2, 0) is 0 Å². The molecule has 1 aliphatic heterocycles. The Hall–Kier alpha value is -4.56. The normalized spacial score (nSPS) is 12.9. The molecule has 1 aliphatic rings. The van der Waals surface area contributed by atoms with E-state index in [-0.39, 0.29) is 6.71 Å². The molecule has 0 bridgehead atoms. The van der Waals surface area contributed by atoms with Crippen LogP contribution in [0.2, 0.25) is 0 Å². The highest BCUT2D eigenvalue weighted by Crippen LogP contribution is 2.44. The lowest BCUT2D eigenvalue weighted by Gasteiger charge is -2.24. The molecule has 0 spiro atoms. The zero-order valence-electron chi connectivity index (χ0n) is 23.4. The Labute approximate surface area is 236 Å². The van der Waals surface area contributed by atoms with Crippen LogP contribution in [0.3, 0.4) is 0 Å². The SMILES string of the molecule is Cc1cc(C)c(-c2ccc3cc4c5c(ccc6ccc2c3c65)N(C)c2ccccc2B4c2ccccc2)c(C)c1. The van der Waals surface area contributed by atoms with Crippen molar-refractivity contribution in [2.24, 2.45) is 0 Å². The van der Waals surface area contributed by atoms with Crippen molar-refractivity contribution >= 4 is 66.8 Å². The summed E-state index contributed by atoms with van der Waals surface area (Å²) in [6.45, 7) is 6.85. The predicted octanol–water partition coefficient (Wildman–Crippen LogP) is 7.77. The van der Waals surface area contributed by atoms with Crippen molar-refractivity contribution in [2.45, 2.75) is 20.8 Å². The summed E-state index contributed by atoms with van der Waals surface area (Å²) in [5.41, 5.74) is 13.3. The highest BCUT2D eigenvalue weighted by Gasteiger charge is 2.33. The van der Waals surface area contributed by atoms with E-state index in [0.29, 0.717) is 0 Å². The summed E-state index contributed by atoms with van der Waals surface area (Å²) < 4.78 is 0. The van der Waals surface area contributed by atoms with E-state index in [9.17, 15) is 0 Å². The molecular weight excluding hydrogens is 481 g/mol. The van der Waals surface area contributed by atoms with Gasteiger partial charge in [0.2, 0.25) is 6.71 Å². The summed E-state index contributed by atoms with van der Waals surface area (Å²) >= 11 is 0. The summed E-state index contributed by atoms with van der Waals surface area (Å²) in [7, 11) is 2.23. The van der Waals surface area contributed by atoms with Gasteiger partial charge in [0.1, 0.15) is 0 Å². The Morgan fingerprint density at radius 2 is 1.25 bits per heavy atom. The Bertz CT molecular complexity index is 2080. The highest BCUT2D eigenvalue weighted by atomic mass is 15.1. The van der Waals surface area contributed by atoms with Crippen molar-refractivity contribution in [2.75, 3.05) is 11.9 Å². The summed E-state index contributed by atoms with van der Waals surface area (Å²) in [6.07, 6.45) is 0. The number of nitrogens with zero attached hydrogens (tertiary/aromatic N) is 1. The third-order valence-electron chi connectivity index (χ3n) is 9.13. The van der Waals surface area contributed by atoms with Crippen LogP contribution in [0.15, 0.2) is 109 Å². The van der Waals surface area contributed by atoms with Crippen molar-refractivity contribution in [1.29, 1.82) is 0 Å². The van der Waals surface area contributed by atoms with Gasteiger partial charge in [0.25, 0.3) is 0 Å². The standard InChI is InChI=1S/C38H30BN/c1-23-20-24(2)35(25(3)21-23)29-18-15-27-22-32-38-34(19-16-26-14-17-30(29)36(27)37(26)38)40(4)33-13-9-8-12-31(33)39(32)28-10-6-5-7-11-28/h5-22H,1-4H3. The second kappa shape index (κ2) is 8.47. The number of aryl methyl sites for hydroxylation is 3. The maximum atomic E-state index is 2.49. The van der Waals surface area contributed by atoms with Crippen LogP contribution in [0.25, 0.3) is 43.4 Å². The minimum absolute atomic E-state index is 0.149. The molecule has 0 saturated carbocycles. The van der Waals surface area contributed by atoms with Gasteiger partial charge in [0, 0.05) is 23.8 Å². The molecule has 0 N–H and O–H groups in total. The summed E-state index contributed by atoms with van der Waals surface area (Å²) in [4.78, 5) is 2.41. The van der Waals surface area contributed by atoms with Gasteiger partial charge < -0.3 is 4.90 Å². The third kappa shape index (κ3) is 3.17.